The predicted molar refractivity (Wildman–Crippen MR) is 90.0 cm³/mol. The summed E-state index contributed by atoms with van der Waals surface area (Å²) >= 11 is 0. The lowest BCUT2D eigenvalue weighted by Crippen LogP contribution is -2.33. The maximum atomic E-state index is 13.6. The number of carbonyl (C=O) groups excluding carboxylic acids is 1. The Morgan fingerprint density at radius 3 is 2.48 bits per heavy atom. The van der Waals surface area contributed by atoms with Crippen molar-refractivity contribution in [1.29, 1.82) is 0 Å². The molecular weight excluding hydrogens is 330 g/mol. The molecule has 0 radical (unpaired) electrons. The van der Waals surface area contributed by atoms with Crippen LogP contribution >= 0.6 is 0 Å². The molecule has 1 amide bonds. The van der Waals surface area contributed by atoms with Crippen LogP contribution in [0, 0.1) is 11.6 Å². The zero-order valence-corrected chi connectivity index (χ0v) is 13.9. The van der Waals surface area contributed by atoms with Gasteiger partial charge in [-0.05, 0) is 36.4 Å². The minimum Gasteiger partial charge on any atom is -0.454 e. The third-order valence-electron chi connectivity index (χ3n) is 3.31. The molecule has 5 nitrogen and oxygen atoms in total. The maximum Gasteiger partial charge on any atom is 0.251 e. The second kappa shape index (κ2) is 9.71. The van der Waals surface area contributed by atoms with Crippen molar-refractivity contribution in [2.24, 2.45) is 0 Å². The fourth-order valence-corrected chi connectivity index (χ4v) is 2.03. The smallest absolute Gasteiger partial charge is 0.251 e. The second-order valence-corrected chi connectivity index (χ2v) is 5.20. The number of carbonyl (C=O) groups is 1. The molecule has 0 aliphatic heterocycles. The SMILES string of the molecule is COCCNCCNC(=O)c1ccc(Oc2ccc(F)cc2F)cc1. The van der Waals surface area contributed by atoms with Crippen molar-refractivity contribution < 1.29 is 23.0 Å². The molecule has 0 aliphatic rings. The zero-order valence-electron chi connectivity index (χ0n) is 13.9. The number of amides is 1. The van der Waals surface area contributed by atoms with Gasteiger partial charge in [-0.3, -0.25) is 4.79 Å². The molecular formula is C18H20F2N2O3. The van der Waals surface area contributed by atoms with Crippen molar-refractivity contribution in [3.8, 4) is 11.5 Å². The van der Waals surface area contributed by atoms with Crippen LogP contribution in [0.2, 0.25) is 0 Å². The Morgan fingerprint density at radius 2 is 1.80 bits per heavy atom. The first-order chi connectivity index (χ1) is 12.1. The Morgan fingerprint density at radius 1 is 1.04 bits per heavy atom. The van der Waals surface area contributed by atoms with Gasteiger partial charge in [0.05, 0.1) is 6.61 Å². The minimum atomic E-state index is -0.789. The maximum absolute atomic E-state index is 13.6. The van der Waals surface area contributed by atoms with E-state index in [-0.39, 0.29) is 11.7 Å². The van der Waals surface area contributed by atoms with Crippen molar-refractivity contribution in [3.05, 3.63) is 59.7 Å². The van der Waals surface area contributed by atoms with Gasteiger partial charge in [-0.2, -0.15) is 0 Å². The predicted octanol–water partition coefficient (Wildman–Crippen LogP) is 2.72. The minimum absolute atomic E-state index is 0.0827. The average Bonchev–Trinajstić information content (AvgIpc) is 2.61. The highest BCUT2D eigenvalue weighted by Crippen LogP contribution is 2.25. The van der Waals surface area contributed by atoms with Crippen LogP contribution in [0.3, 0.4) is 0 Å². The van der Waals surface area contributed by atoms with Gasteiger partial charge in [-0.25, -0.2) is 8.78 Å². The molecule has 2 rings (SSSR count). The van der Waals surface area contributed by atoms with Crippen molar-refractivity contribution in [3.63, 3.8) is 0 Å². The van der Waals surface area contributed by atoms with E-state index >= 15 is 0 Å². The summed E-state index contributed by atoms with van der Waals surface area (Å²) in [6.07, 6.45) is 0. The molecule has 0 spiro atoms. The van der Waals surface area contributed by atoms with Gasteiger partial charge in [0, 0.05) is 38.4 Å². The van der Waals surface area contributed by atoms with Gasteiger partial charge in [0.1, 0.15) is 11.6 Å². The first-order valence-electron chi connectivity index (χ1n) is 7.81. The molecule has 2 aromatic rings. The van der Waals surface area contributed by atoms with Gasteiger partial charge in [0.15, 0.2) is 11.6 Å². The summed E-state index contributed by atoms with van der Waals surface area (Å²) in [6.45, 7) is 2.46. The van der Waals surface area contributed by atoms with Crippen molar-refractivity contribution in [2.45, 2.75) is 0 Å². The normalized spacial score (nSPS) is 10.5. The fraction of sp³-hybridized carbons (Fsp3) is 0.278. The molecule has 2 aromatic carbocycles. The van der Waals surface area contributed by atoms with E-state index in [0.29, 0.717) is 31.0 Å². The number of rotatable bonds is 9. The molecule has 134 valence electrons. The first-order valence-corrected chi connectivity index (χ1v) is 7.81. The number of halogens is 2. The number of nitrogens with one attached hydrogen (secondary N) is 2. The van der Waals surface area contributed by atoms with Crippen LogP contribution in [0.15, 0.2) is 42.5 Å². The van der Waals surface area contributed by atoms with Crippen LogP contribution in [0.4, 0.5) is 8.78 Å². The fourth-order valence-electron chi connectivity index (χ4n) is 2.03. The molecule has 0 aromatic heterocycles. The molecule has 0 saturated carbocycles. The van der Waals surface area contributed by atoms with Crippen LogP contribution in [0.1, 0.15) is 10.4 Å². The van der Waals surface area contributed by atoms with Crippen molar-refractivity contribution >= 4 is 5.91 Å². The van der Waals surface area contributed by atoms with Crippen molar-refractivity contribution in [2.75, 3.05) is 33.4 Å². The Bertz CT molecular complexity index is 693. The standard InChI is InChI=1S/C18H20F2N2O3/c1-24-11-10-21-8-9-22-18(23)13-2-5-15(6-3-13)25-17-7-4-14(19)12-16(17)20/h2-7,12,21H,8-11H2,1H3,(H,22,23). The number of benzene rings is 2. The number of hydrogen-bond acceptors (Lipinski definition) is 4. The lowest BCUT2D eigenvalue weighted by molar-refractivity contribution is 0.0953. The summed E-state index contributed by atoms with van der Waals surface area (Å²) in [7, 11) is 1.63. The third-order valence-corrected chi connectivity index (χ3v) is 3.31. The van der Waals surface area contributed by atoms with E-state index in [9.17, 15) is 13.6 Å². The lowest BCUT2D eigenvalue weighted by atomic mass is 10.2. The van der Waals surface area contributed by atoms with Gasteiger partial charge >= 0.3 is 0 Å². The van der Waals surface area contributed by atoms with Crippen LogP contribution in [0.25, 0.3) is 0 Å². The highest BCUT2D eigenvalue weighted by Gasteiger charge is 2.08. The highest BCUT2D eigenvalue weighted by atomic mass is 19.1. The quantitative estimate of drug-likeness (QED) is 0.683. The van der Waals surface area contributed by atoms with Crippen LogP contribution in [-0.2, 0) is 4.74 Å². The van der Waals surface area contributed by atoms with Gasteiger partial charge in [0.2, 0.25) is 0 Å². The largest absolute Gasteiger partial charge is 0.454 e. The van der Waals surface area contributed by atoms with E-state index in [1.54, 1.807) is 31.4 Å². The highest BCUT2D eigenvalue weighted by molar-refractivity contribution is 5.94. The zero-order chi connectivity index (χ0) is 18.1. The molecule has 0 fully saturated rings. The van der Waals surface area contributed by atoms with Gasteiger partial charge in [-0.1, -0.05) is 0 Å². The molecule has 0 bridgehead atoms. The van der Waals surface area contributed by atoms with E-state index in [2.05, 4.69) is 10.6 Å². The first kappa shape index (κ1) is 18.8. The Kier molecular flexibility index (Phi) is 7.31. The molecule has 25 heavy (non-hydrogen) atoms. The molecule has 0 unspecified atom stereocenters. The molecule has 0 aliphatic carbocycles. The van der Waals surface area contributed by atoms with E-state index < -0.39 is 11.6 Å². The molecule has 0 heterocycles. The average molecular weight is 350 g/mol. The van der Waals surface area contributed by atoms with Gasteiger partial charge in [-0.15, -0.1) is 0 Å². The van der Waals surface area contributed by atoms with Crippen molar-refractivity contribution in [1.82, 2.24) is 10.6 Å². The Hall–Kier alpha value is -2.51. The second-order valence-electron chi connectivity index (χ2n) is 5.20. The number of ether oxygens (including phenoxy) is 2. The van der Waals surface area contributed by atoms with E-state index in [1.807, 2.05) is 0 Å². The van der Waals surface area contributed by atoms with Crippen LogP contribution in [0.5, 0.6) is 11.5 Å². The lowest BCUT2D eigenvalue weighted by Gasteiger charge is -2.09. The summed E-state index contributed by atoms with van der Waals surface area (Å²) in [5.74, 6) is -1.41. The molecule has 2 N–H and O–H groups in total. The number of hydrogen-bond donors (Lipinski definition) is 2. The van der Waals surface area contributed by atoms with Crippen LogP contribution < -0.4 is 15.4 Å². The summed E-state index contributed by atoms with van der Waals surface area (Å²) < 4.78 is 36.7. The Labute approximate surface area is 144 Å². The van der Waals surface area contributed by atoms with Gasteiger partial charge < -0.3 is 20.1 Å². The van der Waals surface area contributed by atoms with E-state index in [0.717, 1.165) is 18.7 Å². The van der Waals surface area contributed by atoms with Gasteiger partial charge in [0.25, 0.3) is 5.91 Å². The number of methoxy groups -OCH3 is 1. The summed E-state index contributed by atoms with van der Waals surface area (Å²) in [5, 5.41) is 5.89. The van der Waals surface area contributed by atoms with Crippen LogP contribution in [-0.4, -0.2) is 39.3 Å². The topological polar surface area (TPSA) is 59.6 Å². The Balaban J connectivity index is 1.83. The third kappa shape index (κ3) is 6.13. The van der Waals surface area contributed by atoms with E-state index in [1.165, 1.54) is 6.07 Å². The monoisotopic (exact) mass is 350 g/mol. The van der Waals surface area contributed by atoms with E-state index in [4.69, 9.17) is 9.47 Å². The molecule has 7 heteroatoms. The summed E-state index contributed by atoms with van der Waals surface area (Å²) in [5.41, 5.74) is 0.462. The molecule has 0 saturated heterocycles. The summed E-state index contributed by atoms with van der Waals surface area (Å²) in [6, 6.07) is 9.32. The molecule has 0 atom stereocenters. The summed E-state index contributed by atoms with van der Waals surface area (Å²) in [4.78, 5) is 12.0.